The molecule has 1 heterocycles. The summed E-state index contributed by atoms with van der Waals surface area (Å²) in [4.78, 5) is 64.4. The standard InChI is InChI=1S/C60H87N4O15P/c1-43(2)64(44(3)4)80(75-39-23-35-61)76-41-37-63(36-40-74-60(49-24-19-18-20-25-49,50-27-31-52(70-9)32-28-50)51-29-33-53(71-10)34-30-51)55(69)26-21-16-14-12-11-13-15-17-22-38-72-59-56(62-45(5)65)58(78-48(8)68)57(77-47(7)67)54(79-59)42-73-46(6)66/h18-20,24-25,27-34,43-44,54,56-59H,11-17,21-23,26,36-42H2,1-10H3,(H,62,65). The van der Waals surface area contributed by atoms with Gasteiger partial charge in [-0.1, -0.05) is 99.5 Å². The minimum atomic E-state index is -1.51. The van der Waals surface area contributed by atoms with E-state index in [1.807, 2.05) is 83.8 Å². The van der Waals surface area contributed by atoms with Crippen LogP contribution in [0, 0.1) is 11.3 Å². The predicted molar refractivity (Wildman–Crippen MR) is 302 cm³/mol. The number of nitriles is 1. The van der Waals surface area contributed by atoms with Gasteiger partial charge in [0.25, 0.3) is 8.53 Å². The van der Waals surface area contributed by atoms with E-state index in [4.69, 9.17) is 46.9 Å². The molecular formula is C60H87N4O15P. The number of esters is 3. The lowest BCUT2D eigenvalue weighted by Crippen LogP contribution is -2.66. The molecule has 80 heavy (non-hydrogen) atoms. The normalized spacial score (nSPS) is 17.6. The van der Waals surface area contributed by atoms with Gasteiger partial charge in [0.2, 0.25) is 11.8 Å². The zero-order valence-corrected chi connectivity index (χ0v) is 49.6. The van der Waals surface area contributed by atoms with Crippen molar-refractivity contribution in [1.82, 2.24) is 14.9 Å². The Morgan fingerprint density at radius 1 is 0.650 bits per heavy atom. The SMILES string of the molecule is COc1ccc(C(OCCN(CCOP(OCCC#N)N(C(C)C)C(C)C)C(=O)CCCCCCCCCCCOC2OC(COC(C)=O)C(OC(C)=O)C(OC(C)=O)C2NC(C)=O)(c2ccccc2)c2ccc(OC)cc2)cc1. The molecule has 0 bridgehead atoms. The summed E-state index contributed by atoms with van der Waals surface area (Å²) in [7, 11) is 1.76. The topological polar surface area (TPSA) is 220 Å². The summed E-state index contributed by atoms with van der Waals surface area (Å²) in [5.74, 6) is -0.942. The molecule has 1 aliphatic heterocycles. The number of nitrogens with zero attached hydrogens (tertiary/aromatic N) is 3. The van der Waals surface area contributed by atoms with Crippen LogP contribution in [0.4, 0.5) is 0 Å². The average Bonchev–Trinajstić information content (AvgIpc) is 3.62. The molecule has 0 aliphatic carbocycles. The molecule has 20 heteroatoms. The van der Waals surface area contributed by atoms with Crippen LogP contribution in [0.15, 0.2) is 78.9 Å². The highest BCUT2D eigenvalue weighted by atomic mass is 31.2. The minimum absolute atomic E-state index is 0.00553. The van der Waals surface area contributed by atoms with Crippen molar-refractivity contribution >= 4 is 38.2 Å². The summed E-state index contributed by atoms with van der Waals surface area (Å²) in [6, 6.07) is 27.2. The summed E-state index contributed by atoms with van der Waals surface area (Å²) in [5, 5.41) is 12.0. The van der Waals surface area contributed by atoms with Crippen molar-refractivity contribution in [2.75, 3.05) is 60.3 Å². The van der Waals surface area contributed by atoms with E-state index in [9.17, 15) is 29.2 Å². The zero-order valence-electron chi connectivity index (χ0n) is 48.7. The van der Waals surface area contributed by atoms with Gasteiger partial charge in [0.15, 0.2) is 18.5 Å². The summed E-state index contributed by atoms with van der Waals surface area (Å²) in [5.41, 5.74) is 1.63. The number of hydrogen-bond acceptors (Lipinski definition) is 17. The van der Waals surface area contributed by atoms with Gasteiger partial charge in [0, 0.05) is 65.9 Å². The Morgan fingerprint density at radius 2 is 1.16 bits per heavy atom. The monoisotopic (exact) mass is 1130 g/mol. The Hall–Kier alpha value is -5.71. The first-order chi connectivity index (χ1) is 38.4. The number of ether oxygens (including phenoxy) is 8. The van der Waals surface area contributed by atoms with Gasteiger partial charge in [-0.05, 0) is 81.5 Å². The number of unbranched alkanes of at least 4 members (excludes halogenated alkanes) is 8. The van der Waals surface area contributed by atoms with Gasteiger partial charge in [0.05, 0.1) is 46.5 Å². The largest absolute Gasteiger partial charge is 0.497 e. The molecule has 1 aliphatic rings. The first kappa shape index (κ1) is 66.8. The Labute approximate surface area is 475 Å². The Balaban J connectivity index is 1.37. The highest BCUT2D eigenvalue weighted by Crippen LogP contribution is 2.46. The highest BCUT2D eigenvalue weighted by molar-refractivity contribution is 7.44. The van der Waals surface area contributed by atoms with Crippen molar-refractivity contribution in [2.45, 2.75) is 174 Å². The third-order valence-corrected chi connectivity index (χ3v) is 15.4. The van der Waals surface area contributed by atoms with Gasteiger partial charge in [-0.15, -0.1) is 0 Å². The lowest BCUT2D eigenvalue weighted by Gasteiger charge is -2.44. The number of amides is 2. The van der Waals surface area contributed by atoms with Gasteiger partial charge >= 0.3 is 17.9 Å². The maximum Gasteiger partial charge on any atom is 0.303 e. The van der Waals surface area contributed by atoms with E-state index >= 15 is 0 Å². The fourth-order valence-electron chi connectivity index (χ4n) is 9.69. The Morgan fingerprint density at radius 3 is 1.68 bits per heavy atom. The smallest absolute Gasteiger partial charge is 0.303 e. The summed E-state index contributed by atoms with van der Waals surface area (Å²) >= 11 is 0. The molecule has 0 saturated carbocycles. The molecule has 19 nitrogen and oxygen atoms in total. The van der Waals surface area contributed by atoms with E-state index < -0.39 is 68.6 Å². The Kier molecular flexibility index (Phi) is 30.0. The molecular weight excluding hydrogens is 1050 g/mol. The second-order valence-corrected chi connectivity index (χ2v) is 21.6. The van der Waals surface area contributed by atoms with Crippen molar-refractivity contribution < 1.29 is 70.9 Å². The van der Waals surface area contributed by atoms with Gasteiger partial charge in [0.1, 0.15) is 35.9 Å². The van der Waals surface area contributed by atoms with Crippen molar-refractivity contribution in [2.24, 2.45) is 0 Å². The summed E-state index contributed by atoms with van der Waals surface area (Å²) < 4.78 is 61.5. The molecule has 6 unspecified atom stereocenters. The third-order valence-electron chi connectivity index (χ3n) is 13.3. The van der Waals surface area contributed by atoms with Crippen LogP contribution >= 0.6 is 8.53 Å². The van der Waals surface area contributed by atoms with Gasteiger partial charge in [-0.25, -0.2) is 4.67 Å². The molecule has 2 amide bonds. The van der Waals surface area contributed by atoms with Crippen LogP contribution in [0.5, 0.6) is 11.5 Å². The average molecular weight is 1140 g/mol. The van der Waals surface area contributed by atoms with E-state index in [0.717, 1.165) is 68.1 Å². The number of hydrogen-bond donors (Lipinski definition) is 1. The van der Waals surface area contributed by atoms with Gasteiger partial charge in [-0.3, -0.25) is 24.0 Å². The summed E-state index contributed by atoms with van der Waals surface area (Å²) in [6.45, 7) is 14.5. The minimum Gasteiger partial charge on any atom is -0.497 e. The second-order valence-electron chi connectivity index (χ2n) is 20.1. The second kappa shape index (κ2) is 35.9. The molecule has 4 rings (SSSR count). The lowest BCUT2D eigenvalue weighted by atomic mass is 9.80. The molecule has 0 spiro atoms. The molecule has 3 aromatic rings. The number of nitrogens with one attached hydrogen (secondary N) is 1. The van der Waals surface area contributed by atoms with E-state index in [-0.39, 0.29) is 57.4 Å². The Bertz CT molecular complexity index is 2300. The van der Waals surface area contributed by atoms with Crippen LogP contribution in [0.2, 0.25) is 0 Å². The lowest BCUT2D eigenvalue weighted by molar-refractivity contribution is -0.277. The molecule has 442 valence electrons. The molecule has 3 aromatic carbocycles. The fourth-order valence-corrected chi connectivity index (χ4v) is 11.3. The van der Waals surface area contributed by atoms with Gasteiger partial charge < -0.3 is 57.2 Å². The molecule has 1 saturated heterocycles. The van der Waals surface area contributed by atoms with E-state index in [2.05, 4.69) is 43.8 Å². The van der Waals surface area contributed by atoms with Crippen LogP contribution in [0.1, 0.15) is 143 Å². The first-order valence-corrected chi connectivity index (χ1v) is 29.1. The van der Waals surface area contributed by atoms with Crippen LogP contribution in [-0.4, -0.2) is 142 Å². The van der Waals surface area contributed by atoms with Crippen molar-refractivity contribution in [1.29, 1.82) is 5.26 Å². The molecule has 6 atom stereocenters. The highest BCUT2D eigenvalue weighted by Gasteiger charge is 2.51. The number of carbonyl (C=O) groups excluding carboxylic acids is 5. The molecule has 1 fully saturated rings. The van der Waals surface area contributed by atoms with Crippen LogP contribution in [0.3, 0.4) is 0 Å². The third kappa shape index (κ3) is 21.6. The number of methoxy groups -OCH3 is 2. The predicted octanol–water partition coefficient (Wildman–Crippen LogP) is 9.71. The first-order valence-electron chi connectivity index (χ1n) is 27.9. The molecule has 0 radical (unpaired) electrons. The maximum atomic E-state index is 14.3. The summed E-state index contributed by atoms with van der Waals surface area (Å²) in [6.07, 6.45) is 4.28. The van der Waals surface area contributed by atoms with Crippen LogP contribution in [0.25, 0.3) is 0 Å². The van der Waals surface area contributed by atoms with Gasteiger partial charge in [-0.2, -0.15) is 5.26 Å². The van der Waals surface area contributed by atoms with Crippen LogP contribution < -0.4 is 14.8 Å². The maximum absolute atomic E-state index is 14.3. The number of benzene rings is 3. The number of carbonyl (C=O) groups is 5. The van der Waals surface area contributed by atoms with Crippen molar-refractivity contribution in [3.8, 4) is 17.6 Å². The fraction of sp³-hybridized carbons (Fsp3) is 0.600. The molecule has 1 N–H and O–H groups in total. The van der Waals surface area contributed by atoms with E-state index in [1.165, 1.54) is 27.7 Å². The quantitative estimate of drug-likeness (QED) is 0.0187. The van der Waals surface area contributed by atoms with Crippen LogP contribution in [-0.2, 0) is 67.0 Å². The van der Waals surface area contributed by atoms with E-state index in [0.29, 0.717) is 37.4 Å². The van der Waals surface area contributed by atoms with Crippen molar-refractivity contribution in [3.63, 3.8) is 0 Å². The van der Waals surface area contributed by atoms with Crippen molar-refractivity contribution in [3.05, 3.63) is 95.6 Å². The van der Waals surface area contributed by atoms with E-state index in [1.54, 1.807) is 14.2 Å². The molecule has 0 aromatic heterocycles. The zero-order chi connectivity index (χ0) is 58.5. The number of rotatable bonds is 37.